The average molecular weight is 403 g/mol. The van der Waals surface area contributed by atoms with Gasteiger partial charge in [-0.1, -0.05) is 6.07 Å². The second-order valence-electron chi connectivity index (χ2n) is 5.97. The molecule has 1 amide bonds. The van der Waals surface area contributed by atoms with Crippen LogP contribution in [0.5, 0.6) is 0 Å². The molecular weight excluding hydrogens is 384 g/mol. The summed E-state index contributed by atoms with van der Waals surface area (Å²) < 4.78 is 7.45. The van der Waals surface area contributed by atoms with E-state index in [1.807, 2.05) is 29.6 Å². The van der Waals surface area contributed by atoms with Gasteiger partial charge in [-0.25, -0.2) is 4.98 Å². The summed E-state index contributed by atoms with van der Waals surface area (Å²) in [5, 5.41) is 11.8. The molecular formula is C17H18N6O2S2. The second-order valence-corrected chi connectivity index (χ2v) is 7.30. The molecule has 0 aliphatic carbocycles. The van der Waals surface area contributed by atoms with Crippen LogP contribution in [0.15, 0.2) is 35.8 Å². The van der Waals surface area contributed by atoms with Crippen molar-refractivity contribution in [1.82, 2.24) is 19.7 Å². The van der Waals surface area contributed by atoms with Crippen LogP contribution in [-0.2, 0) is 16.1 Å². The van der Waals surface area contributed by atoms with Gasteiger partial charge in [-0.15, -0.1) is 11.3 Å². The quantitative estimate of drug-likeness (QED) is 0.638. The third kappa shape index (κ3) is 4.07. The fourth-order valence-electron chi connectivity index (χ4n) is 2.84. The van der Waals surface area contributed by atoms with Gasteiger partial charge in [0.15, 0.2) is 10.6 Å². The number of nitrogens with one attached hydrogen (secondary N) is 2. The third-order valence-electron chi connectivity index (χ3n) is 4.17. The zero-order chi connectivity index (χ0) is 18.6. The number of carbonyl (C=O) groups excluding carboxylic acids is 1. The van der Waals surface area contributed by atoms with E-state index in [0.29, 0.717) is 29.5 Å². The molecule has 1 saturated heterocycles. The molecule has 10 heteroatoms. The van der Waals surface area contributed by atoms with Crippen LogP contribution in [0.4, 0.5) is 11.5 Å². The number of H-pyrrole nitrogens is 1. The highest BCUT2D eigenvalue weighted by atomic mass is 32.1. The Hall–Kier alpha value is -2.56. The van der Waals surface area contributed by atoms with E-state index in [9.17, 15) is 4.79 Å². The van der Waals surface area contributed by atoms with E-state index in [-0.39, 0.29) is 12.5 Å². The van der Waals surface area contributed by atoms with Gasteiger partial charge in [0.2, 0.25) is 5.91 Å². The van der Waals surface area contributed by atoms with E-state index in [0.717, 1.165) is 23.8 Å². The molecule has 8 nitrogen and oxygen atoms in total. The average Bonchev–Trinajstić information content (AvgIpc) is 3.34. The summed E-state index contributed by atoms with van der Waals surface area (Å²) in [6, 6.07) is 7.63. The van der Waals surface area contributed by atoms with Crippen molar-refractivity contribution in [2.45, 2.75) is 6.54 Å². The fourth-order valence-corrected chi connectivity index (χ4v) is 3.76. The molecule has 4 rings (SSSR count). The highest BCUT2D eigenvalue weighted by Gasteiger charge is 2.15. The first-order valence-corrected chi connectivity index (χ1v) is 9.77. The first kappa shape index (κ1) is 17.8. The minimum absolute atomic E-state index is 0.0772. The minimum Gasteiger partial charge on any atom is -0.378 e. The number of hydrogen-bond donors (Lipinski definition) is 2. The van der Waals surface area contributed by atoms with Crippen molar-refractivity contribution < 1.29 is 9.53 Å². The number of hydrogen-bond acceptors (Lipinski definition) is 7. The zero-order valence-electron chi connectivity index (χ0n) is 14.4. The molecule has 2 N–H and O–H groups in total. The molecule has 0 saturated carbocycles. The lowest BCUT2D eigenvalue weighted by Gasteiger charge is -2.27. The van der Waals surface area contributed by atoms with Gasteiger partial charge < -0.3 is 15.0 Å². The van der Waals surface area contributed by atoms with Crippen molar-refractivity contribution in [3.8, 4) is 10.7 Å². The Balaban J connectivity index is 1.43. The van der Waals surface area contributed by atoms with E-state index in [1.165, 1.54) is 0 Å². The molecule has 140 valence electrons. The highest BCUT2D eigenvalue weighted by molar-refractivity contribution is 7.71. The molecule has 4 heterocycles. The van der Waals surface area contributed by atoms with E-state index >= 15 is 0 Å². The number of aromatic amines is 1. The standard InChI is InChI=1S/C17H18N6O2S2/c24-15(11-23-16(20-21-17(23)26)13-2-1-9-27-13)19-12-3-4-14(18-10-12)22-5-7-25-8-6-22/h1-4,9-10H,5-8,11H2,(H,19,24)(H,21,26). The first-order valence-electron chi connectivity index (χ1n) is 8.48. The summed E-state index contributed by atoms with van der Waals surface area (Å²) in [6.07, 6.45) is 1.66. The lowest BCUT2D eigenvalue weighted by molar-refractivity contribution is -0.116. The SMILES string of the molecule is O=C(Cn1c(-c2cccs2)n[nH]c1=S)Nc1ccc(N2CCOCC2)nc1. The van der Waals surface area contributed by atoms with Gasteiger partial charge in [-0.2, -0.15) is 5.10 Å². The molecule has 0 bridgehead atoms. The maximum Gasteiger partial charge on any atom is 0.244 e. The van der Waals surface area contributed by atoms with Crippen LogP contribution in [0.25, 0.3) is 10.7 Å². The largest absolute Gasteiger partial charge is 0.378 e. The normalized spacial score (nSPS) is 14.3. The van der Waals surface area contributed by atoms with Gasteiger partial charge in [0.25, 0.3) is 0 Å². The summed E-state index contributed by atoms with van der Waals surface area (Å²) >= 11 is 6.81. The van der Waals surface area contributed by atoms with Crippen molar-refractivity contribution >= 4 is 41.0 Å². The van der Waals surface area contributed by atoms with E-state index in [2.05, 4.69) is 25.4 Å². The van der Waals surface area contributed by atoms with Gasteiger partial charge >= 0.3 is 0 Å². The number of thiophene rings is 1. The number of ether oxygens (including phenoxy) is 1. The molecule has 0 unspecified atom stereocenters. The van der Waals surface area contributed by atoms with Crippen LogP contribution in [0.1, 0.15) is 0 Å². The molecule has 1 fully saturated rings. The van der Waals surface area contributed by atoms with Crippen molar-refractivity contribution in [2.24, 2.45) is 0 Å². The molecule has 1 aliphatic heterocycles. The topological polar surface area (TPSA) is 88.1 Å². The number of aromatic nitrogens is 4. The number of amides is 1. The maximum atomic E-state index is 12.5. The van der Waals surface area contributed by atoms with Crippen LogP contribution in [-0.4, -0.2) is 52.0 Å². The Morgan fingerprint density at radius 3 is 2.89 bits per heavy atom. The Labute approximate surface area is 164 Å². The fraction of sp³-hybridized carbons (Fsp3) is 0.294. The van der Waals surface area contributed by atoms with Crippen LogP contribution in [0, 0.1) is 4.77 Å². The lowest BCUT2D eigenvalue weighted by Crippen LogP contribution is -2.36. The molecule has 3 aromatic rings. The third-order valence-corrected chi connectivity index (χ3v) is 5.35. The Bertz CT molecular complexity index is 958. The van der Waals surface area contributed by atoms with Crippen molar-refractivity contribution in [3.05, 3.63) is 40.6 Å². The maximum absolute atomic E-state index is 12.5. The van der Waals surface area contributed by atoms with E-state index in [4.69, 9.17) is 17.0 Å². The van der Waals surface area contributed by atoms with Crippen molar-refractivity contribution in [3.63, 3.8) is 0 Å². The predicted octanol–water partition coefficient (Wildman–Crippen LogP) is 2.54. The molecule has 0 radical (unpaired) electrons. The molecule has 27 heavy (non-hydrogen) atoms. The molecule has 3 aromatic heterocycles. The van der Waals surface area contributed by atoms with Crippen molar-refractivity contribution in [1.29, 1.82) is 0 Å². The van der Waals surface area contributed by atoms with Gasteiger partial charge in [0.05, 0.1) is 30.0 Å². The van der Waals surface area contributed by atoms with E-state index < -0.39 is 0 Å². The molecule has 0 aromatic carbocycles. The van der Waals surface area contributed by atoms with Gasteiger partial charge in [-0.05, 0) is 35.8 Å². The van der Waals surface area contributed by atoms with Crippen LogP contribution < -0.4 is 10.2 Å². The summed E-state index contributed by atoms with van der Waals surface area (Å²) in [6.45, 7) is 3.13. The molecule has 1 aliphatic rings. The van der Waals surface area contributed by atoms with Crippen LogP contribution in [0.3, 0.4) is 0 Å². The van der Waals surface area contributed by atoms with Gasteiger partial charge in [0, 0.05) is 13.1 Å². The van der Waals surface area contributed by atoms with Crippen LogP contribution >= 0.6 is 23.6 Å². The number of anilines is 2. The predicted molar refractivity (Wildman–Crippen MR) is 107 cm³/mol. The number of carbonyl (C=O) groups is 1. The summed E-state index contributed by atoms with van der Waals surface area (Å²) in [5.74, 6) is 1.35. The first-order chi connectivity index (χ1) is 13.2. The summed E-state index contributed by atoms with van der Waals surface area (Å²) in [4.78, 5) is 20.0. The molecule has 0 spiro atoms. The monoisotopic (exact) mass is 402 g/mol. The smallest absolute Gasteiger partial charge is 0.244 e. The van der Waals surface area contributed by atoms with E-state index in [1.54, 1.807) is 22.1 Å². The lowest BCUT2D eigenvalue weighted by atomic mass is 10.3. The number of morpholine rings is 1. The minimum atomic E-state index is -0.189. The Morgan fingerprint density at radius 2 is 2.19 bits per heavy atom. The van der Waals surface area contributed by atoms with Gasteiger partial charge in [0.1, 0.15) is 12.4 Å². The number of nitrogens with zero attached hydrogens (tertiary/aromatic N) is 4. The Morgan fingerprint density at radius 1 is 1.33 bits per heavy atom. The second kappa shape index (κ2) is 7.99. The summed E-state index contributed by atoms with van der Waals surface area (Å²) in [7, 11) is 0. The van der Waals surface area contributed by atoms with Gasteiger partial charge in [-0.3, -0.25) is 14.5 Å². The van der Waals surface area contributed by atoms with Crippen LogP contribution in [0.2, 0.25) is 0 Å². The number of rotatable bonds is 5. The van der Waals surface area contributed by atoms with Crippen molar-refractivity contribution in [2.75, 3.05) is 36.5 Å². The Kier molecular flexibility index (Phi) is 5.28. The highest BCUT2D eigenvalue weighted by Crippen LogP contribution is 2.23. The molecule has 0 atom stereocenters. The summed E-state index contributed by atoms with van der Waals surface area (Å²) in [5.41, 5.74) is 0.643. The zero-order valence-corrected chi connectivity index (χ0v) is 16.1. The number of pyridine rings is 1.